The monoisotopic (exact) mass is 509 g/mol. The number of esters is 1. The first-order chi connectivity index (χ1) is 16.5. The molecule has 0 bridgehead atoms. The quantitative estimate of drug-likeness (QED) is 0.106. The molecular formula is C26H23NO4S3. The van der Waals surface area contributed by atoms with Gasteiger partial charge in [0.1, 0.15) is 11.5 Å². The number of thioether (sulfide) groups is 2. The van der Waals surface area contributed by atoms with Crippen molar-refractivity contribution in [1.82, 2.24) is 0 Å². The van der Waals surface area contributed by atoms with E-state index in [2.05, 4.69) is 0 Å². The molecule has 1 amide bonds. The Morgan fingerprint density at radius 1 is 1.18 bits per heavy atom. The molecule has 3 aromatic rings. The molecule has 1 aliphatic rings. The van der Waals surface area contributed by atoms with Crippen molar-refractivity contribution in [3.8, 4) is 11.3 Å². The second-order valence-corrected chi connectivity index (χ2v) is 10.0. The summed E-state index contributed by atoms with van der Waals surface area (Å²) in [7, 11) is 0. The first-order valence-corrected chi connectivity index (χ1v) is 13.2. The van der Waals surface area contributed by atoms with E-state index in [1.165, 1.54) is 11.8 Å². The number of unbranched alkanes of at least 4 members (excludes halogenated alkanes) is 1. The highest BCUT2D eigenvalue weighted by Gasteiger charge is 2.33. The first-order valence-electron chi connectivity index (χ1n) is 10.8. The van der Waals surface area contributed by atoms with E-state index < -0.39 is 0 Å². The molecule has 8 heteroatoms. The van der Waals surface area contributed by atoms with Crippen LogP contribution in [0.5, 0.6) is 0 Å². The predicted molar refractivity (Wildman–Crippen MR) is 143 cm³/mol. The molecule has 34 heavy (non-hydrogen) atoms. The highest BCUT2D eigenvalue weighted by Crippen LogP contribution is 2.37. The summed E-state index contributed by atoms with van der Waals surface area (Å²) in [5, 5.41) is 0. The lowest BCUT2D eigenvalue weighted by Crippen LogP contribution is -2.27. The van der Waals surface area contributed by atoms with Gasteiger partial charge in [-0.25, -0.2) is 4.79 Å². The van der Waals surface area contributed by atoms with E-state index in [-0.39, 0.29) is 11.9 Å². The van der Waals surface area contributed by atoms with Crippen LogP contribution < -0.4 is 4.90 Å². The third kappa shape index (κ3) is 5.46. The lowest BCUT2D eigenvalue weighted by Gasteiger charge is -2.15. The smallest absolute Gasteiger partial charge is 0.338 e. The Balaban J connectivity index is 1.48. The summed E-state index contributed by atoms with van der Waals surface area (Å²) in [6.45, 7) is 2.47. The fourth-order valence-electron chi connectivity index (χ4n) is 3.32. The van der Waals surface area contributed by atoms with E-state index in [4.69, 9.17) is 21.4 Å². The van der Waals surface area contributed by atoms with E-state index >= 15 is 0 Å². The number of hydrogen-bond acceptors (Lipinski definition) is 7. The van der Waals surface area contributed by atoms with Crippen LogP contribution in [-0.4, -0.2) is 29.1 Å². The molecule has 0 radical (unpaired) electrons. The Labute approximate surface area is 212 Å². The minimum Gasteiger partial charge on any atom is -0.462 e. The predicted octanol–water partition coefficient (Wildman–Crippen LogP) is 7.03. The van der Waals surface area contributed by atoms with Gasteiger partial charge in [-0.05, 0) is 55.1 Å². The zero-order valence-electron chi connectivity index (χ0n) is 18.8. The molecule has 2 aromatic carbocycles. The molecule has 1 fully saturated rings. The van der Waals surface area contributed by atoms with Gasteiger partial charge < -0.3 is 9.15 Å². The number of anilines is 1. The van der Waals surface area contributed by atoms with Gasteiger partial charge in [0.15, 0.2) is 4.32 Å². The zero-order valence-corrected chi connectivity index (χ0v) is 21.2. The molecule has 0 saturated carbocycles. The van der Waals surface area contributed by atoms with Gasteiger partial charge in [0.25, 0.3) is 5.91 Å². The van der Waals surface area contributed by atoms with Crippen LogP contribution in [0.15, 0.2) is 74.9 Å². The van der Waals surface area contributed by atoms with Gasteiger partial charge in [-0.3, -0.25) is 9.69 Å². The first kappa shape index (κ1) is 24.3. The summed E-state index contributed by atoms with van der Waals surface area (Å²) in [5.74, 6) is 0.694. The summed E-state index contributed by atoms with van der Waals surface area (Å²) in [6, 6.07) is 18.5. The van der Waals surface area contributed by atoms with Gasteiger partial charge in [0.05, 0.1) is 22.8 Å². The number of thiocarbonyl (C=S) groups is 1. The maximum Gasteiger partial charge on any atom is 0.338 e. The van der Waals surface area contributed by atoms with Crippen LogP contribution in [0.25, 0.3) is 17.4 Å². The number of furan rings is 1. The lowest BCUT2D eigenvalue weighted by atomic mass is 10.1. The molecule has 1 aliphatic heterocycles. The van der Waals surface area contributed by atoms with Crippen LogP contribution in [0.2, 0.25) is 0 Å². The zero-order chi connectivity index (χ0) is 24.1. The molecule has 0 atom stereocenters. The standard InChI is InChI=1S/C26H23NO4S3/c1-3-4-14-30-25(29)18-10-8-17(9-11-18)22-13-12-20(31-22)16-23-24(28)27(26(32)34-23)19-6-5-7-21(15-19)33-2/h5-13,15-16H,3-4,14H2,1-2H3/b23-16+. The number of ether oxygens (including phenoxy) is 1. The van der Waals surface area contributed by atoms with Crippen molar-refractivity contribution in [2.45, 2.75) is 24.7 Å². The molecule has 0 N–H and O–H groups in total. The van der Waals surface area contributed by atoms with E-state index in [0.29, 0.717) is 32.9 Å². The number of amides is 1. The van der Waals surface area contributed by atoms with Crippen molar-refractivity contribution in [1.29, 1.82) is 0 Å². The minimum absolute atomic E-state index is 0.169. The van der Waals surface area contributed by atoms with Crippen LogP contribution in [0.4, 0.5) is 5.69 Å². The van der Waals surface area contributed by atoms with Crippen molar-refractivity contribution in [2.75, 3.05) is 17.8 Å². The average Bonchev–Trinajstić information content (AvgIpc) is 3.43. The third-order valence-corrected chi connectivity index (χ3v) is 7.17. The number of carbonyl (C=O) groups is 2. The summed E-state index contributed by atoms with van der Waals surface area (Å²) >= 11 is 8.34. The van der Waals surface area contributed by atoms with Gasteiger partial charge >= 0.3 is 5.97 Å². The maximum atomic E-state index is 13.0. The average molecular weight is 510 g/mol. The number of hydrogen-bond donors (Lipinski definition) is 0. The summed E-state index contributed by atoms with van der Waals surface area (Å²) in [4.78, 5) is 28.2. The fourth-order valence-corrected chi connectivity index (χ4v) is 5.05. The maximum absolute atomic E-state index is 13.0. The van der Waals surface area contributed by atoms with Gasteiger partial charge in [0, 0.05) is 16.5 Å². The van der Waals surface area contributed by atoms with Crippen LogP contribution in [0, 0.1) is 0 Å². The topological polar surface area (TPSA) is 59.8 Å². The molecule has 1 aromatic heterocycles. The van der Waals surface area contributed by atoms with Gasteiger partial charge in [-0.2, -0.15) is 0 Å². The summed E-state index contributed by atoms with van der Waals surface area (Å²) in [5.41, 5.74) is 2.08. The fraction of sp³-hybridized carbons (Fsp3) is 0.192. The van der Waals surface area contributed by atoms with Crippen LogP contribution in [0.3, 0.4) is 0 Å². The third-order valence-electron chi connectivity index (χ3n) is 5.14. The summed E-state index contributed by atoms with van der Waals surface area (Å²) in [6.07, 6.45) is 5.52. The Hall–Kier alpha value is -2.81. The normalized spacial score (nSPS) is 14.8. The lowest BCUT2D eigenvalue weighted by molar-refractivity contribution is -0.113. The molecular weight excluding hydrogens is 486 g/mol. The highest BCUT2D eigenvalue weighted by molar-refractivity contribution is 8.27. The minimum atomic E-state index is -0.328. The Kier molecular flexibility index (Phi) is 7.92. The largest absolute Gasteiger partial charge is 0.462 e. The van der Waals surface area contributed by atoms with Crippen molar-refractivity contribution in [3.63, 3.8) is 0 Å². The highest BCUT2D eigenvalue weighted by atomic mass is 32.2. The molecule has 174 valence electrons. The van der Waals surface area contributed by atoms with Crippen molar-refractivity contribution in [2.24, 2.45) is 0 Å². The SMILES string of the molecule is CCCCOC(=O)c1ccc(-c2ccc(/C=C3/SC(=S)N(c4cccc(SC)c4)C3=O)o2)cc1. The molecule has 1 saturated heterocycles. The van der Waals surface area contributed by atoms with Crippen LogP contribution in [0.1, 0.15) is 35.9 Å². The number of nitrogens with zero attached hydrogens (tertiary/aromatic N) is 1. The van der Waals surface area contributed by atoms with Gasteiger partial charge in [-0.15, -0.1) is 11.8 Å². The second kappa shape index (κ2) is 11.1. The second-order valence-electron chi connectivity index (χ2n) is 7.49. The van der Waals surface area contributed by atoms with Gasteiger partial charge in [0.2, 0.25) is 0 Å². The van der Waals surface area contributed by atoms with Crippen molar-refractivity contribution in [3.05, 3.63) is 76.9 Å². The summed E-state index contributed by atoms with van der Waals surface area (Å²) < 4.78 is 11.7. The van der Waals surface area contributed by atoms with Crippen molar-refractivity contribution >= 4 is 63.7 Å². The number of rotatable bonds is 8. The molecule has 2 heterocycles. The van der Waals surface area contributed by atoms with Crippen LogP contribution >= 0.6 is 35.7 Å². The Morgan fingerprint density at radius 2 is 1.97 bits per heavy atom. The Bertz CT molecular complexity index is 1250. The number of benzene rings is 2. The molecule has 0 aliphatic carbocycles. The van der Waals surface area contributed by atoms with E-state index in [1.54, 1.807) is 34.9 Å². The number of carbonyl (C=O) groups excluding carboxylic acids is 2. The van der Waals surface area contributed by atoms with E-state index in [1.807, 2.05) is 61.7 Å². The molecule has 0 spiro atoms. The molecule has 5 nitrogen and oxygen atoms in total. The Morgan fingerprint density at radius 3 is 2.71 bits per heavy atom. The molecule has 0 unspecified atom stereocenters. The van der Waals surface area contributed by atoms with E-state index in [9.17, 15) is 9.59 Å². The van der Waals surface area contributed by atoms with E-state index in [0.717, 1.165) is 29.0 Å². The van der Waals surface area contributed by atoms with Gasteiger partial charge in [-0.1, -0.05) is 55.5 Å². The molecule has 4 rings (SSSR count). The van der Waals surface area contributed by atoms with Crippen molar-refractivity contribution < 1.29 is 18.7 Å². The van der Waals surface area contributed by atoms with Crippen LogP contribution in [-0.2, 0) is 9.53 Å².